The summed E-state index contributed by atoms with van der Waals surface area (Å²) in [6, 6.07) is 15.3. The van der Waals surface area contributed by atoms with Crippen molar-refractivity contribution in [2.24, 2.45) is 0 Å². The molecule has 0 aliphatic carbocycles. The van der Waals surface area contributed by atoms with E-state index in [1.165, 1.54) is 24.3 Å². The topological polar surface area (TPSA) is 150 Å². The molecule has 0 bridgehead atoms. The van der Waals surface area contributed by atoms with Crippen LogP contribution in [0.3, 0.4) is 0 Å². The number of benzene rings is 3. The van der Waals surface area contributed by atoms with Crippen molar-refractivity contribution in [2.75, 3.05) is 0 Å². The van der Waals surface area contributed by atoms with E-state index in [4.69, 9.17) is 16.3 Å². The molecule has 37 heavy (non-hydrogen) atoms. The molecular formula is C24H14ClN3O8S. The van der Waals surface area contributed by atoms with Crippen molar-refractivity contribution in [3.63, 3.8) is 0 Å². The Balaban J connectivity index is 1.53. The predicted octanol–water partition coefficient (Wildman–Crippen LogP) is 5.61. The Morgan fingerprint density at radius 1 is 0.973 bits per heavy atom. The van der Waals surface area contributed by atoms with E-state index in [9.17, 15) is 34.6 Å². The third-order valence-corrected chi connectivity index (χ3v) is 6.36. The zero-order valence-corrected chi connectivity index (χ0v) is 20.1. The molecule has 0 saturated carbocycles. The maximum atomic E-state index is 12.8. The number of thioether (sulfide) groups is 1. The Labute approximate surface area is 217 Å². The number of rotatable bonds is 7. The summed E-state index contributed by atoms with van der Waals surface area (Å²) < 4.78 is 5.24. The molecule has 1 aliphatic heterocycles. The van der Waals surface area contributed by atoms with E-state index in [1.807, 2.05) is 0 Å². The first-order valence-corrected chi connectivity index (χ1v) is 11.6. The summed E-state index contributed by atoms with van der Waals surface area (Å²) in [5.41, 5.74) is -0.613. The van der Waals surface area contributed by atoms with Gasteiger partial charge in [0.25, 0.3) is 22.5 Å². The quantitative estimate of drug-likeness (QED) is 0.123. The molecule has 0 radical (unpaired) electrons. The number of non-ortho nitro benzene ring substituents is 2. The first kappa shape index (κ1) is 25.5. The van der Waals surface area contributed by atoms with Crippen LogP contribution >= 0.6 is 23.4 Å². The molecule has 11 nitrogen and oxygen atoms in total. The van der Waals surface area contributed by atoms with Gasteiger partial charge in [0.2, 0.25) is 0 Å². The summed E-state index contributed by atoms with van der Waals surface area (Å²) in [6.45, 7) is 0.00861. The number of nitro benzene ring substituents is 2. The van der Waals surface area contributed by atoms with E-state index in [0.29, 0.717) is 16.1 Å². The van der Waals surface area contributed by atoms with E-state index in [1.54, 1.807) is 30.3 Å². The van der Waals surface area contributed by atoms with Gasteiger partial charge in [-0.3, -0.25) is 34.7 Å². The van der Waals surface area contributed by atoms with Crippen LogP contribution in [0.15, 0.2) is 71.6 Å². The van der Waals surface area contributed by atoms with Gasteiger partial charge in [0.15, 0.2) is 0 Å². The lowest BCUT2D eigenvalue weighted by Gasteiger charge is -2.13. The number of amides is 2. The summed E-state index contributed by atoms with van der Waals surface area (Å²) in [4.78, 5) is 59.5. The fourth-order valence-corrected chi connectivity index (χ4v) is 4.38. The van der Waals surface area contributed by atoms with E-state index in [0.717, 1.165) is 34.9 Å². The van der Waals surface area contributed by atoms with Gasteiger partial charge in [-0.2, -0.15) is 0 Å². The summed E-state index contributed by atoms with van der Waals surface area (Å²) >= 11 is 6.88. The SMILES string of the molecule is O=C(Oc1cccc(/C=C2\SC(=O)N(Cc3ccccc3Cl)C2=O)c1)c1cc([N+](=O)[O-])cc([N+](=O)[O-])c1. The molecule has 1 fully saturated rings. The largest absolute Gasteiger partial charge is 0.423 e. The second-order valence-corrected chi connectivity index (χ2v) is 8.97. The van der Waals surface area contributed by atoms with E-state index < -0.39 is 38.3 Å². The number of imide groups is 1. The normalized spacial score (nSPS) is 14.2. The molecule has 3 aromatic carbocycles. The first-order chi connectivity index (χ1) is 17.6. The number of nitrogens with zero attached hydrogens (tertiary/aromatic N) is 3. The Bertz CT molecular complexity index is 1470. The van der Waals surface area contributed by atoms with Gasteiger partial charge in [0.05, 0.1) is 32.9 Å². The van der Waals surface area contributed by atoms with Crippen molar-refractivity contribution < 1.29 is 29.0 Å². The lowest BCUT2D eigenvalue weighted by molar-refractivity contribution is -0.394. The van der Waals surface area contributed by atoms with Gasteiger partial charge in [0, 0.05) is 17.2 Å². The summed E-state index contributed by atoms with van der Waals surface area (Å²) in [5, 5.41) is 22.1. The third kappa shape index (κ3) is 5.82. The van der Waals surface area contributed by atoms with Gasteiger partial charge in [-0.05, 0) is 47.2 Å². The lowest BCUT2D eigenvalue weighted by atomic mass is 10.1. The fourth-order valence-electron chi connectivity index (χ4n) is 3.34. The highest BCUT2D eigenvalue weighted by Crippen LogP contribution is 2.34. The van der Waals surface area contributed by atoms with Crippen LogP contribution in [0.4, 0.5) is 16.2 Å². The number of hydrogen-bond acceptors (Lipinski definition) is 9. The van der Waals surface area contributed by atoms with Crippen LogP contribution in [0.5, 0.6) is 5.75 Å². The number of carbonyl (C=O) groups is 3. The molecule has 0 spiro atoms. The molecule has 0 atom stereocenters. The van der Waals surface area contributed by atoms with E-state index in [2.05, 4.69) is 0 Å². The first-order valence-electron chi connectivity index (χ1n) is 10.4. The van der Waals surface area contributed by atoms with Crippen LogP contribution < -0.4 is 4.74 Å². The second kappa shape index (κ2) is 10.6. The highest BCUT2D eigenvalue weighted by molar-refractivity contribution is 8.18. The van der Waals surface area contributed by atoms with E-state index >= 15 is 0 Å². The van der Waals surface area contributed by atoms with Crippen LogP contribution in [0, 0.1) is 20.2 Å². The van der Waals surface area contributed by atoms with Crippen LogP contribution in [-0.4, -0.2) is 31.9 Å². The zero-order chi connectivity index (χ0) is 26.7. The number of hydrogen-bond donors (Lipinski definition) is 0. The van der Waals surface area contributed by atoms with Gasteiger partial charge in [-0.25, -0.2) is 4.79 Å². The van der Waals surface area contributed by atoms with Gasteiger partial charge in [0.1, 0.15) is 5.75 Å². The van der Waals surface area contributed by atoms with Gasteiger partial charge in [-0.15, -0.1) is 0 Å². The molecule has 0 N–H and O–H groups in total. The molecular weight excluding hydrogens is 526 g/mol. The fraction of sp³-hybridized carbons (Fsp3) is 0.0417. The van der Waals surface area contributed by atoms with Crippen molar-refractivity contribution >= 4 is 57.9 Å². The highest BCUT2D eigenvalue weighted by Gasteiger charge is 2.35. The molecule has 0 aromatic heterocycles. The Morgan fingerprint density at radius 3 is 2.30 bits per heavy atom. The lowest BCUT2D eigenvalue weighted by Crippen LogP contribution is -2.27. The molecule has 13 heteroatoms. The number of esters is 1. The maximum absolute atomic E-state index is 12.8. The highest BCUT2D eigenvalue weighted by atomic mass is 35.5. The molecule has 2 amide bonds. The van der Waals surface area contributed by atoms with Crippen LogP contribution in [0.1, 0.15) is 21.5 Å². The Hall–Kier alpha value is -4.55. The average molecular weight is 540 g/mol. The number of nitro groups is 2. The van der Waals surface area contributed by atoms with Crippen LogP contribution in [0.25, 0.3) is 6.08 Å². The van der Waals surface area contributed by atoms with Crippen molar-refractivity contribution in [1.82, 2.24) is 4.90 Å². The monoisotopic (exact) mass is 539 g/mol. The predicted molar refractivity (Wildman–Crippen MR) is 134 cm³/mol. The summed E-state index contributed by atoms with van der Waals surface area (Å²) in [5.74, 6) is -1.55. The zero-order valence-electron chi connectivity index (χ0n) is 18.5. The molecule has 186 valence electrons. The molecule has 4 rings (SSSR count). The maximum Gasteiger partial charge on any atom is 0.344 e. The van der Waals surface area contributed by atoms with Gasteiger partial charge >= 0.3 is 5.97 Å². The minimum absolute atomic E-state index is 0.00861. The summed E-state index contributed by atoms with van der Waals surface area (Å²) in [6.07, 6.45) is 1.45. The van der Waals surface area contributed by atoms with Crippen LogP contribution in [0.2, 0.25) is 5.02 Å². The van der Waals surface area contributed by atoms with Crippen molar-refractivity contribution in [3.05, 3.63) is 114 Å². The minimum atomic E-state index is -1.05. The van der Waals surface area contributed by atoms with E-state index in [-0.39, 0.29) is 22.8 Å². The number of ether oxygens (including phenoxy) is 1. The van der Waals surface area contributed by atoms with Crippen molar-refractivity contribution in [2.45, 2.75) is 6.54 Å². The Kier molecular flexibility index (Phi) is 7.32. The second-order valence-electron chi connectivity index (χ2n) is 7.57. The summed E-state index contributed by atoms with van der Waals surface area (Å²) in [7, 11) is 0. The minimum Gasteiger partial charge on any atom is -0.423 e. The molecule has 3 aromatic rings. The smallest absolute Gasteiger partial charge is 0.344 e. The standard InChI is InChI=1S/C24H14ClN3O8S/c25-20-7-2-1-5-15(20)13-26-22(29)21(37-24(26)31)9-14-4-3-6-19(8-14)36-23(30)16-10-17(27(32)33)12-18(11-16)28(34)35/h1-12H,13H2/b21-9-. The molecule has 1 saturated heterocycles. The molecule has 1 heterocycles. The molecule has 0 unspecified atom stereocenters. The van der Waals surface area contributed by atoms with Crippen LogP contribution in [-0.2, 0) is 11.3 Å². The van der Waals surface area contributed by atoms with Gasteiger partial charge < -0.3 is 4.74 Å². The average Bonchev–Trinajstić information content (AvgIpc) is 3.12. The van der Waals surface area contributed by atoms with Crippen molar-refractivity contribution in [1.29, 1.82) is 0 Å². The Morgan fingerprint density at radius 2 is 1.65 bits per heavy atom. The number of carbonyl (C=O) groups excluding carboxylic acids is 3. The number of halogens is 1. The third-order valence-electron chi connectivity index (χ3n) is 5.09. The van der Waals surface area contributed by atoms with Gasteiger partial charge in [-0.1, -0.05) is 41.9 Å². The van der Waals surface area contributed by atoms with Crippen molar-refractivity contribution in [3.8, 4) is 5.75 Å². The molecule has 1 aliphatic rings.